The topological polar surface area (TPSA) is 59.7 Å². The minimum absolute atomic E-state index is 0.0962. The van der Waals surface area contributed by atoms with Crippen molar-refractivity contribution >= 4 is 16.9 Å². The van der Waals surface area contributed by atoms with Crippen molar-refractivity contribution in [1.82, 2.24) is 0 Å². The molecule has 0 fully saturated rings. The van der Waals surface area contributed by atoms with Crippen molar-refractivity contribution in [2.75, 3.05) is 6.61 Å². The number of furan rings is 1. The smallest absolute Gasteiger partial charge is 0.342 e. The lowest BCUT2D eigenvalue weighted by molar-refractivity contribution is 0.0526. The van der Waals surface area contributed by atoms with E-state index in [1.165, 1.54) is 12.1 Å². The molecule has 4 heteroatoms. The van der Waals surface area contributed by atoms with E-state index < -0.39 is 5.97 Å². The van der Waals surface area contributed by atoms with E-state index in [4.69, 9.17) is 9.15 Å². The van der Waals surface area contributed by atoms with E-state index in [0.29, 0.717) is 28.9 Å². The van der Waals surface area contributed by atoms with Crippen LogP contribution in [0.1, 0.15) is 23.0 Å². The second-order valence-electron chi connectivity index (χ2n) is 3.43. The number of phenolic OH excluding ortho intramolecular Hbond substituents is 1. The molecule has 0 aliphatic rings. The molecule has 4 nitrogen and oxygen atoms in total. The minimum atomic E-state index is -0.427. The maximum atomic E-state index is 11.7. The summed E-state index contributed by atoms with van der Waals surface area (Å²) in [6.45, 7) is 3.75. The zero-order valence-corrected chi connectivity index (χ0v) is 9.11. The molecule has 0 aliphatic heterocycles. The number of rotatable bonds is 2. The molecule has 1 aromatic heterocycles. The van der Waals surface area contributed by atoms with E-state index in [-0.39, 0.29) is 5.75 Å². The molecule has 84 valence electrons. The third-order valence-corrected chi connectivity index (χ3v) is 2.33. The van der Waals surface area contributed by atoms with Gasteiger partial charge in [-0.05, 0) is 32.0 Å². The van der Waals surface area contributed by atoms with Crippen LogP contribution in [0.3, 0.4) is 0 Å². The molecular formula is C12H12O4. The number of benzene rings is 1. The van der Waals surface area contributed by atoms with E-state index in [0.717, 1.165) is 0 Å². The van der Waals surface area contributed by atoms with Crippen molar-refractivity contribution in [2.45, 2.75) is 13.8 Å². The summed E-state index contributed by atoms with van der Waals surface area (Å²) in [4.78, 5) is 11.7. The van der Waals surface area contributed by atoms with Crippen molar-refractivity contribution < 1.29 is 19.1 Å². The van der Waals surface area contributed by atoms with Crippen LogP contribution in [0.15, 0.2) is 22.6 Å². The molecule has 0 atom stereocenters. The van der Waals surface area contributed by atoms with Gasteiger partial charge in [0.1, 0.15) is 22.7 Å². The van der Waals surface area contributed by atoms with Gasteiger partial charge >= 0.3 is 5.97 Å². The molecule has 1 aromatic carbocycles. The Morgan fingerprint density at radius 2 is 2.25 bits per heavy atom. The fraction of sp³-hybridized carbons (Fsp3) is 0.250. The Bertz CT molecular complexity index is 539. The first kappa shape index (κ1) is 10.5. The Morgan fingerprint density at radius 1 is 1.50 bits per heavy atom. The van der Waals surface area contributed by atoms with Gasteiger partial charge in [-0.25, -0.2) is 4.79 Å². The number of carbonyl (C=O) groups is 1. The third-order valence-electron chi connectivity index (χ3n) is 2.33. The predicted molar refractivity (Wildman–Crippen MR) is 58.6 cm³/mol. The van der Waals surface area contributed by atoms with Crippen LogP contribution in [0.4, 0.5) is 0 Å². The highest BCUT2D eigenvalue weighted by Crippen LogP contribution is 2.28. The van der Waals surface area contributed by atoms with Crippen molar-refractivity contribution in [3.63, 3.8) is 0 Å². The van der Waals surface area contributed by atoms with Gasteiger partial charge in [-0.15, -0.1) is 0 Å². The lowest BCUT2D eigenvalue weighted by Crippen LogP contribution is -2.05. The number of ether oxygens (including phenoxy) is 1. The Morgan fingerprint density at radius 3 is 2.94 bits per heavy atom. The van der Waals surface area contributed by atoms with E-state index in [9.17, 15) is 9.90 Å². The second-order valence-corrected chi connectivity index (χ2v) is 3.43. The normalized spacial score (nSPS) is 10.6. The quantitative estimate of drug-likeness (QED) is 0.790. The molecule has 0 unspecified atom stereocenters. The van der Waals surface area contributed by atoms with Crippen LogP contribution in [0, 0.1) is 6.92 Å². The van der Waals surface area contributed by atoms with E-state index in [1.54, 1.807) is 19.9 Å². The van der Waals surface area contributed by atoms with Gasteiger partial charge in [-0.2, -0.15) is 0 Å². The van der Waals surface area contributed by atoms with Crippen molar-refractivity contribution in [1.29, 1.82) is 0 Å². The number of carbonyl (C=O) groups excluding carboxylic acids is 1. The molecule has 0 spiro atoms. The van der Waals surface area contributed by atoms with E-state index in [1.807, 2.05) is 0 Å². The van der Waals surface area contributed by atoms with Gasteiger partial charge in [0.25, 0.3) is 0 Å². The van der Waals surface area contributed by atoms with Crippen LogP contribution in [-0.4, -0.2) is 17.7 Å². The molecule has 0 aliphatic carbocycles. The summed E-state index contributed by atoms with van der Waals surface area (Å²) in [7, 11) is 0. The number of phenols is 1. The van der Waals surface area contributed by atoms with Crippen LogP contribution in [0.25, 0.3) is 11.0 Å². The SMILES string of the molecule is CCOC(=O)c1c(C)oc2ccc(O)cc12. The monoisotopic (exact) mass is 220 g/mol. The zero-order chi connectivity index (χ0) is 11.7. The lowest BCUT2D eigenvalue weighted by Gasteiger charge is -2.00. The molecular weight excluding hydrogens is 208 g/mol. The van der Waals surface area contributed by atoms with Gasteiger partial charge in [-0.3, -0.25) is 0 Å². The Labute approximate surface area is 92.4 Å². The summed E-state index contributed by atoms with van der Waals surface area (Å²) in [5.41, 5.74) is 0.950. The molecule has 16 heavy (non-hydrogen) atoms. The summed E-state index contributed by atoms with van der Waals surface area (Å²) in [6, 6.07) is 4.64. The molecule has 2 rings (SSSR count). The predicted octanol–water partition coefficient (Wildman–Crippen LogP) is 2.62. The Kier molecular flexibility index (Phi) is 2.56. The maximum Gasteiger partial charge on any atom is 0.342 e. The maximum absolute atomic E-state index is 11.7. The Balaban J connectivity index is 2.62. The second kappa shape index (κ2) is 3.89. The molecule has 1 heterocycles. The number of hydrogen-bond acceptors (Lipinski definition) is 4. The standard InChI is InChI=1S/C12H12O4/c1-3-15-12(14)11-7(2)16-10-5-4-8(13)6-9(10)11/h4-6,13H,3H2,1-2H3. The highest BCUT2D eigenvalue weighted by atomic mass is 16.5. The summed E-state index contributed by atoms with van der Waals surface area (Å²) in [6.07, 6.45) is 0. The first-order valence-electron chi connectivity index (χ1n) is 5.02. The molecule has 2 aromatic rings. The van der Waals surface area contributed by atoms with Gasteiger partial charge in [0.15, 0.2) is 0 Å². The van der Waals surface area contributed by atoms with Crippen LogP contribution in [-0.2, 0) is 4.74 Å². The third kappa shape index (κ3) is 1.62. The van der Waals surface area contributed by atoms with Crippen LogP contribution in [0.5, 0.6) is 5.75 Å². The van der Waals surface area contributed by atoms with Gasteiger partial charge in [-0.1, -0.05) is 0 Å². The van der Waals surface area contributed by atoms with E-state index in [2.05, 4.69) is 0 Å². The van der Waals surface area contributed by atoms with Crippen LogP contribution >= 0.6 is 0 Å². The van der Waals surface area contributed by atoms with Crippen molar-refractivity contribution in [3.8, 4) is 5.75 Å². The molecule has 0 radical (unpaired) electrons. The largest absolute Gasteiger partial charge is 0.508 e. The first-order chi connectivity index (χ1) is 7.63. The van der Waals surface area contributed by atoms with Crippen LogP contribution < -0.4 is 0 Å². The number of aromatic hydroxyl groups is 1. The average molecular weight is 220 g/mol. The van der Waals surface area contributed by atoms with Gasteiger partial charge in [0, 0.05) is 5.39 Å². The summed E-state index contributed by atoms with van der Waals surface area (Å²) < 4.78 is 10.3. The minimum Gasteiger partial charge on any atom is -0.508 e. The molecule has 1 N–H and O–H groups in total. The molecule has 0 amide bonds. The fourth-order valence-corrected chi connectivity index (χ4v) is 1.66. The lowest BCUT2D eigenvalue weighted by atomic mass is 10.1. The van der Waals surface area contributed by atoms with Gasteiger partial charge in [0.2, 0.25) is 0 Å². The first-order valence-corrected chi connectivity index (χ1v) is 5.02. The van der Waals surface area contributed by atoms with E-state index >= 15 is 0 Å². The van der Waals surface area contributed by atoms with Gasteiger partial charge in [0.05, 0.1) is 6.61 Å². The highest BCUT2D eigenvalue weighted by molar-refractivity contribution is 6.04. The number of aryl methyl sites for hydroxylation is 1. The average Bonchev–Trinajstić information content (AvgIpc) is 2.53. The molecule has 0 bridgehead atoms. The zero-order valence-electron chi connectivity index (χ0n) is 9.11. The Hall–Kier alpha value is -1.97. The van der Waals surface area contributed by atoms with Gasteiger partial charge < -0.3 is 14.3 Å². The summed E-state index contributed by atoms with van der Waals surface area (Å²) in [5, 5.41) is 9.96. The number of hydrogen-bond donors (Lipinski definition) is 1. The van der Waals surface area contributed by atoms with Crippen molar-refractivity contribution in [2.24, 2.45) is 0 Å². The summed E-state index contributed by atoms with van der Waals surface area (Å²) >= 11 is 0. The number of esters is 1. The fourth-order valence-electron chi connectivity index (χ4n) is 1.66. The molecule has 0 saturated heterocycles. The van der Waals surface area contributed by atoms with Crippen molar-refractivity contribution in [3.05, 3.63) is 29.5 Å². The van der Waals surface area contributed by atoms with Crippen LogP contribution in [0.2, 0.25) is 0 Å². The number of fused-ring (bicyclic) bond motifs is 1. The summed E-state index contributed by atoms with van der Waals surface area (Å²) in [5.74, 6) is 0.169. The molecule has 0 saturated carbocycles. The highest BCUT2D eigenvalue weighted by Gasteiger charge is 2.19.